The summed E-state index contributed by atoms with van der Waals surface area (Å²) in [5, 5.41) is 6.37. The highest BCUT2D eigenvalue weighted by atomic mass is 16.6. The lowest BCUT2D eigenvalue weighted by atomic mass is 10.2. The summed E-state index contributed by atoms with van der Waals surface area (Å²) in [6.45, 7) is 1.08. The molecular formula is C20H18N4O4. The molecular weight excluding hydrogens is 360 g/mol. The van der Waals surface area contributed by atoms with E-state index in [0.717, 1.165) is 11.4 Å². The molecule has 0 saturated heterocycles. The Balaban J connectivity index is 1.50. The SMILES string of the molecule is COC(=O)c1cccc(Nc2cc(Nc3ccc4c(c3)OCCO4)ncn2)c1. The summed E-state index contributed by atoms with van der Waals surface area (Å²) >= 11 is 0. The van der Waals surface area contributed by atoms with Crippen LogP contribution in [-0.4, -0.2) is 36.3 Å². The quantitative estimate of drug-likeness (QED) is 0.651. The van der Waals surface area contributed by atoms with Crippen molar-refractivity contribution in [3.05, 3.63) is 60.4 Å². The maximum absolute atomic E-state index is 11.7. The van der Waals surface area contributed by atoms with Crippen LogP contribution >= 0.6 is 0 Å². The standard InChI is InChI=1S/C20H18N4O4/c1-26-20(25)13-3-2-4-14(9-13)23-18-11-19(22-12-21-18)24-15-5-6-16-17(10-15)28-8-7-27-16/h2-6,9-12H,7-8H2,1H3,(H2,21,22,23,24). The molecule has 0 fully saturated rings. The number of rotatable bonds is 5. The minimum absolute atomic E-state index is 0.396. The van der Waals surface area contributed by atoms with Crippen LogP contribution < -0.4 is 20.1 Å². The molecule has 0 spiro atoms. The number of nitrogens with one attached hydrogen (secondary N) is 2. The molecule has 0 amide bonds. The number of carbonyl (C=O) groups excluding carboxylic acids is 1. The molecule has 8 nitrogen and oxygen atoms in total. The Kier molecular flexibility index (Phi) is 4.92. The average molecular weight is 378 g/mol. The largest absolute Gasteiger partial charge is 0.486 e. The van der Waals surface area contributed by atoms with Crippen LogP contribution in [0.15, 0.2) is 54.9 Å². The van der Waals surface area contributed by atoms with Crippen molar-refractivity contribution in [3.8, 4) is 11.5 Å². The van der Waals surface area contributed by atoms with Crippen LogP contribution in [0.2, 0.25) is 0 Å². The predicted octanol–water partition coefficient (Wildman–Crippen LogP) is 3.52. The number of benzene rings is 2. The second-order valence-corrected chi connectivity index (χ2v) is 5.97. The van der Waals surface area contributed by atoms with Gasteiger partial charge in [0.25, 0.3) is 0 Å². The van der Waals surface area contributed by atoms with Gasteiger partial charge in [-0.3, -0.25) is 0 Å². The number of esters is 1. The van der Waals surface area contributed by atoms with E-state index in [9.17, 15) is 4.79 Å². The molecule has 0 bridgehead atoms. The molecule has 8 heteroatoms. The second-order valence-electron chi connectivity index (χ2n) is 5.97. The monoisotopic (exact) mass is 378 g/mol. The van der Waals surface area contributed by atoms with E-state index >= 15 is 0 Å². The maximum Gasteiger partial charge on any atom is 0.337 e. The number of hydrogen-bond donors (Lipinski definition) is 2. The molecule has 1 aromatic heterocycles. The summed E-state index contributed by atoms with van der Waals surface area (Å²) in [4.78, 5) is 20.1. The van der Waals surface area contributed by atoms with Gasteiger partial charge in [0, 0.05) is 23.5 Å². The Morgan fingerprint density at radius 3 is 2.39 bits per heavy atom. The van der Waals surface area contributed by atoms with Gasteiger partial charge in [0.05, 0.1) is 12.7 Å². The lowest BCUT2D eigenvalue weighted by Gasteiger charge is -2.19. The zero-order chi connectivity index (χ0) is 19.3. The first-order valence-corrected chi connectivity index (χ1v) is 8.65. The molecule has 2 N–H and O–H groups in total. The van der Waals surface area contributed by atoms with E-state index < -0.39 is 5.97 Å². The normalized spacial score (nSPS) is 12.2. The van der Waals surface area contributed by atoms with E-state index in [1.54, 1.807) is 24.3 Å². The van der Waals surface area contributed by atoms with E-state index in [1.807, 2.05) is 24.3 Å². The topological polar surface area (TPSA) is 94.6 Å². The molecule has 0 saturated carbocycles. The fraction of sp³-hybridized carbons (Fsp3) is 0.150. The van der Waals surface area contributed by atoms with Crippen molar-refractivity contribution >= 4 is 29.0 Å². The molecule has 1 aliphatic rings. The van der Waals surface area contributed by atoms with Crippen molar-refractivity contribution in [2.24, 2.45) is 0 Å². The summed E-state index contributed by atoms with van der Waals surface area (Å²) in [5.41, 5.74) is 1.99. The van der Waals surface area contributed by atoms with Crippen molar-refractivity contribution in [1.29, 1.82) is 0 Å². The fourth-order valence-corrected chi connectivity index (χ4v) is 2.75. The molecule has 28 heavy (non-hydrogen) atoms. The van der Waals surface area contributed by atoms with Crippen molar-refractivity contribution in [3.63, 3.8) is 0 Å². The lowest BCUT2D eigenvalue weighted by Crippen LogP contribution is -2.15. The van der Waals surface area contributed by atoms with Gasteiger partial charge in [-0.05, 0) is 30.3 Å². The van der Waals surface area contributed by atoms with Crippen LogP contribution in [-0.2, 0) is 4.74 Å². The molecule has 0 aliphatic carbocycles. The predicted molar refractivity (Wildman–Crippen MR) is 104 cm³/mol. The molecule has 142 valence electrons. The molecule has 0 unspecified atom stereocenters. The van der Waals surface area contributed by atoms with E-state index in [-0.39, 0.29) is 0 Å². The fourth-order valence-electron chi connectivity index (χ4n) is 2.75. The summed E-state index contributed by atoms with van der Waals surface area (Å²) in [5.74, 6) is 2.22. The zero-order valence-electron chi connectivity index (χ0n) is 15.1. The van der Waals surface area contributed by atoms with E-state index in [4.69, 9.17) is 14.2 Å². The summed E-state index contributed by atoms with van der Waals surface area (Å²) in [6, 6.07) is 14.4. The van der Waals surface area contributed by atoms with Crippen molar-refractivity contribution < 1.29 is 19.0 Å². The Labute approximate surface area is 161 Å². The smallest absolute Gasteiger partial charge is 0.337 e. The Morgan fingerprint density at radius 2 is 1.64 bits per heavy atom. The molecule has 0 atom stereocenters. The van der Waals surface area contributed by atoms with E-state index in [0.29, 0.717) is 41.8 Å². The number of hydrogen-bond acceptors (Lipinski definition) is 8. The average Bonchev–Trinajstić information content (AvgIpc) is 2.73. The maximum atomic E-state index is 11.7. The third kappa shape index (κ3) is 3.96. The molecule has 0 radical (unpaired) electrons. The van der Waals surface area contributed by atoms with Gasteiger partial charge < -0.3 is 24.8 Å². The third-order valence-electron chi connectivity index (χ3n) is 4.04. The molecule has 3 aromatic rings. The van der Waals surface area contributed by atoms with Crippen molar-refractivity contribution in [1.82, 2.24) is 9.97 Å². The van der Waals surface area contributed by atoms with Crippen LogP contribution in [0, 0.1) is 0 Å². The van der Waals surface area contributed by atoms with Crippen molar-refractivity contribution in [2.75, 3.05) is 31.0 Å². The van der Waals surface area contributed by atoms with Crippen LogP contribution in [0.3, 0.4) is 0 Å². The van der Waals surface area contributed by atoms with Gasteiger partial charge in [-0.2, -0.15) is 0 Å². The highest BCUT2D eigenvalue weighted by Crippen LogP contribution is 2.33. The van der Waals surface area contributed by atoms with Crippen molar-refractivity contribution in [2.45, 2.75) is 0 Å². The number of aromatic nitrogens is 2. The summed E-state index contributed by atoms with van der Waals surface area (Å²) in [7, 11) is 1.35. The molecule has 2 aromatic carbocycles. The highest BCUT2D eigenvalue weighted by molar-refractivity contribution is 5.90. The minimum atomic E-state index is -0.396. The van der Waals surface area contributed by atoms with Crippen LogP contribution in [0.5, 0.6) is 11.5 Å². The van der Waals surface area contributed by atoms with E-state index in [1.165, 1.54) is 13.4 Å². The Hall–Kier alpha value is -3.81. The Morgan fingerprint density at radius 1 is 0.929 bits per heavy atom. The van der Waals surface area contributed by atoms with E-state index in [2.05, 4.69) is 20.6 Å². The summed E-state index contributed by atoms with van der Waals surface area (Å²) < 4.78 is 15.9. The van der Waals surface area contributed by atoms with Gasteiger partial charge in [-0.1, -0.05) is 6.07 Å². The number of fused-ring (bicyclic) bond motifs is 1. The third-order valence-corrected chi connectivity index (χ3v) is 4.04. The molecule has 2 heterocycles. The first-order valence-electron chi connectivity index (χ1n) is 8.65. The Bertz CT molecular complexity index is 1010. The first-order chi connectivity index (χ1) is 13.7. The first kappa shape index (κ1) is 17.6. The molecule has 4 rings (SSSR count). The van der Waals surface area contributed by atoms with Crippen LogP contribution in [0.4, 0.5) is 23.0 Å². The van der Waals surface area contributed by atoms with Gasteiger partial charge in [0.15, 0.2) is 11.5 Å². The lowest BCUT2D eigenvalue weighted by molar-refractivity contribution is 0.0601. The van der Waals surface area contributed by atoms with Gasteiger partial charge in [0.2, 0.25) is 0 Å². The number of nitrogens with zero attached hydrogens (tertiary/aromatic N) is 2. The molecule has 1 aliphatic heterocycles. The van der Waals surface area contributed by atoms with Crippen LogP contribution in [0.1, 0.15) is 10.4 Å². The number of methoxy groups -OCH3 is 1. The highest BCUT2D eigenvalue weighted by Gasteiger charge is 2.12. The number of carbonyl (C=O) groups is 1. The van der Waals surface area contributed by atoms with Gasteiger partial charge >= 0.3 is 5.97 Å². The van der Waals surface area contributed by atoms with Crippen LogP contribution in [0.25, 0.3) is 0 Å². The summed E-state index contributed by atoms with van der Waals surface area (Å²) in [6.07, 6.45) is 1.45. The van der Waals surface area contributed by atoms with Gasteiger partial charge in [-0.25, -0.2) is 14.8 Å². The second kappa shape index (κ2) is 7.83. The van der Waals surface area contributed by atoms with Gasteiger partial charge in [-0.15, -0.1) is 0 Å². The minimum Gasteiger partial charge on any atom is -0.486 e. The zero-order valence-corrected chi connectivity index (χ0v) is 15.1. The number of anilines is 4. The van der Waals surface area contributed by atoms with Gasteiger partial charge in [0.1, 0.15) is 31.2 Å². The number of ether oxygens (including phenoxy) is 3.